The van der Waals surface area contributed by atoms with E-state index in [4.69, 9.17) is 27.9 Å². The third kappa shape index (κ3) is 2.48. The molecule has 0 radical (unpaired) electrons. The van der Waals surface area contributed by atoms with Crippen LogP contribution in [-0.4, -0.2) is 23.7 Å². The first-order chi connectivity index (χ1) is 10.1. The van der Waals surface area contributed by atoms with Crippen molar-refractivity contribution in [1.82, 2.24) is 4.90 Å². The largest absolute Gasteiger partial charge is 0.467 e. The maximum Gasteiger partial charge on any atom is 0.186 e. The first-order valence-corrected chi connectivity index (χ1v) is 8.50. The summed E-state index contributed by atoms with van der Waals surface area (Å²) in [7, 11) is 0. The van der Waals surface area contributed by atoms with Crippen LogP contribution in [0.15, 0.2) is 17.7 Å². The second-order valence-electron chi connectivity index (χ2n) is 5.74. The van der Waals surface area contributed by atoms with Crippen LogP contribution in [0.4, 0.5) is 0 Å². The molecule has 2 nitrogen and oxygen atoms in total. The molecule has 0 amide bonds. The summed E-state index contributed by atoms with van der Waals surface area (Å²) in [5.74, 6) is 0.776. The van der Waals surface area contributed by atoms with Gasteiger partial charge in [0.2, 0.25) is 0 Å². The highest BCUT2D eigenvalue weighted by molar-refractivity contribution is 6.36. The molecule has 1 atom stereocenters. The highest BCUT2D eigenvalue weighted by atomic mass is 35.5. The van der Waals surface area contributed by atoms with E-state index in [1.165, 1.54) is 18.4 Å². The second kappa shape index (κ2) is 5.83. The fourth-order valence-electron chi connectivity index (χ4n) is 3.65. The minimum absolute atomic E-state index is 0.313. The number of hydrogen-bond acceptors (Lipinski definition) is 2. The van der Waals surface area contributed by atoms with E-state index >= 15 is 0 Å². The van der Waals surface area contributed by atoms with Gasteiger partial charge in [0, 0.05) is 17.0 Å². The lowest BCUT2D eigenvalue weighted by molar-refractivity contribution is -0.0687. The lowest BCUT2D eigenvalue weighted by atomic mass is 9.82. The summed E-state index contributed by atoms with van der Waals surface area (Å²) < 4.78 is 6.52. The van der Waals surface area contributed by atoms with Gasteiger partial charge < -0.3 is 4.74 Å². The number of rotatable bonds is 3. The Kier molecular flexibility index (Phi) is 4.22. The number of ether oxygens (including phenoxy) is 1. The zero-order valence-corrected chi connectivity index (χ0v) is 14.1. The second-order valence-corrected chi connectivity index (χ2v) is 6.59. The van der Waals surface area contributed by atoms with Crippen LogP contribution in [0, 0.1) is 0 Å². The number of benzene rings is 1. The van der Waals surface area contributed by atoms with Crippen LogP contribution in [0.1, 0.15) is 45.1 Å². The summed E-state index contributed by atoms with van der Waals surface area (Å²) >= 11 is 12.5. The van der Waals surface area contributed by atoms with Crippen LogP contribution in [0.2, 0.25) is 10.0 Å². The molecule has 1 saturated carbocycles. The zero-order valence-electron chi connectivity index (χ0n) is 12.6. The van der Waals surface area contributed by atoms with Crippen LogP contribution in [0.5, 0.6) is 5.75 Å². The third-order valence-electron chi connectivity index (χ3n) is 4.63. The van der Waals surface area contributed by atoms with Gasteiger partial charge in [-0.25, -0.2) is 0 Å². The molecule has 1 unspecified atom stereocenters. The van der Waals surface area contributed by atoms with E-state index in [0.717, 1.165) is 37.2 Å². The molecule has 0 spiro atoms. The van der Waals surface area contributed by atoms with Crippen LogP contribution >= 0.6 is 23.2 Å². The Hall–Kier alpha value is -0.700. The number of nitrogens with zero attached hydrogens (tertiary/aromatic N) is 1. The predicted octanol–water partition coefficient (Wildman–Crippen LogP) is 5.38. The van der Waals surface area contributed by atoms with Gasteiger partial charge >= 0.3 is 0 Å². The van der Waals surface area contributed by atoms with Crippen molar-refractivity contribution in [1.29, 1.82) is 0 Å². The van der Waals surface area contributed by atoms with Crippen molar-refractivity contribution < 1.29 is 4.74 Å². The quantitative estimate of drug-likeness (QED) is 0.739. The average Bonchev–Trinajstić information content (AvgIpc) is 2.47. The summed E-state index contributed by atoms with van der Waals surface area (Å²) in [6.07, 6.45) is 6.77. The minimum Gasteiger partial charge on any atom is -0.467 e. The van der Waals surface area contributed by atoms with Crippen molar-refractivity contribution in [3.05, 3.63) is 33.3 Å². The Labute approximate surface area is 136 Å². The molecule has 1 aliphatic heterocycles. The SMILES string of the molecule is CCN(CC)C12CCCCC1=Cc1cc(Cl)cc(Cl)c1O2. The maximum atomic E-state index is 6.52. The van der Waals surface area contributed by atoms with E-state index in [9.17, 15) is 0 Å². The molecule has 2 aliphatic rings. The molecule has 0 bridgehead atoms. The molecule has 1 aromatic carbocycles. The molecule has 1 aromatic rings. The smallest absolute Gasteiger partial charge is 0.186 e. The number of fused-ring (bicyclic) bond motifs is 2. The van der Waals surface area contributed by atoms with Gasteiger partial charge in [-0.05, 0) is 56.1 Å². The predicted molar refractivity (Wildman–Crippen MR) is 89.2 cm³/mol. The Morgan fingerprint density at radius 2 is 1.95 bits per heavy atom. The van der Waals surface area contributed by atoms with Crippen LogP contribution in [0.25, 0.3) is 6.08 Å². The van der Waals surface area contributed by atoms with Crippen molar-refractivity contribution in [2.75, 3.05) is 13.1 Å². The number of halogens is 2. The third-order valence-corrected chi connectivity index (χ3v) is 5.12. The van der Waals surface area contributed by atoms with Crippen LogP contribution in [-0.2, 0) is 0 Å². The van der Waals surface area contributed by atoms with E-state index in [1.807, 2.05) is 6.07 Å². The summed E-state index contributed by atoms with van der Waals surface area (Å²) in [6, 6.07) is 3.70. The standard InChI is InChI=1S/C17H21Cl2NO/c1-3-20(4-2)17-8-6-5-7-13(17)9-12-10-14(18)11-15(19)16(12)21-17/h9-11H,3-8H2,1-2H3. The molecule has 0 aromatic heterocycles. The molecule has 1 fully saturated rings. The molecule has 3 rings (SSSR count). The molecule has 0 saturated heterocycles. The molecule has 114 valence electrons. The molecule has 21 heavy (non-hydrogen) atoms. The van der Waals surface area contributed by atoms with Gasteiger partial charge in [-0.2, -0.15) is 0 Å². The Bertz CT molecular complexity index is 580. The van der Waals surface area contributed by atoms with Crippen molar-refractivity contribution >= 4 is 29.3 Å². The van der Waals surface area contributed by atoms with E-state index in [1.54, 1.807) is 6.07 Å². The van der Waals surface area contributed by atoms with E-state index in [0.29, 0.717) is 10.0 Å². The molecule has 1 aliphatic carbocycles. The Morgan fingerprint density at radius 3 is 2.67 bits per heavy atom. The van der Waals surface area contributed by atoms with Crippen molar-refractivity contribution in [2.45, 2.75) is 45.3 Å². The van der Waals surface area contributed by atoms with Gasteiger partial charge in [-0.15, -0.1) is 0 Å². The van der Waals surface area contributed by atoms with Crippen molar-refractivity contribution in [3.8, 4) is 5.75 Å². The van der Waals surface area contributed by atoms with Crippen LogP contribution in [0.3, 0.4) is 0 Å². The lowest BCUT2D eigenvalue weighted by Crippen LogP contribution is -2.56. The van der Waals surface area contributed by atoms with Gasteiger partial charge in [0.15, 0.2) is 5.72 Å². The number of likely N-dealkylation sites (N-methyl/N-ethyl adjacent to an activating group) is 1. The monoisotopic (exact) mass is 325 g/mol. The van der Waals surface area contributed by atoms with E-state index in [2.05, 4.69) is 24.8 Å². The minimum atomic E-state index is -0.313. The zero-order chi connectivity index (χ0) is 15.0. The van der Waals surface area contributed by atoms with Gasteiger partial charge in [-0.3, -0.25) is 4.90 Å². The summed E-state index contributed by atoms with van der Waals surface area (Å²) in [5.41, 5.74) is 2.06. The van der Waals surface area contributed by atoms with Gasteiger partial charge in [0.1, 0.15) is 5.75 Å². The number of hydrogen-bond donors (Lipinski definition) is 0. The van der Waals surface area contributed by atoms with E-state index in [-0.39, 0.29) is 5.72 Å². The molecule has 0 N–H and O–H groups in total. The van der Waals surface area contributed by atoms with E-state index < -0.39 is 0 Å². The summed E-state index contributed by atoms with van der Waals surface area (Å²) in [6.45, 7) is 6.31. The highest BCUT2D eigenvalue weighted by Crippen LogP contribution is 2.48. The maximum absolute atomic E-state index is 6.52. The fraction of sp³-hybridized carbons (Fsp3) is 0.529. The fourth-order valence-corrected chi connectivity index (χ4v) is 4.20. The molecule has 4 heteroatoms. The van der Waals surface area contributed by atoms with Crippen molar-refractivity contribution in [2.24, 2.45) is 0 Å². The average molecular weight is 326 g/mol. The van der Waals surface area contributed by atoms with Gasteiger partial charge in [-0.1, -0.05) is 37.0 Å². The first kappa shape index (κ1) is 15.2. The van der Waals surface area contributed by atoms with Gasteiger partial charge in [0.05, 0.1) is 5.02 Å². The van der Waals surface area contributed by atoms with Crippen molar-refractivity contribution in [3.63, 3.8) is 0 Å². The van der Waals surface area contributed by atoms with Crippen LogP contribution < -0.4 is 4.74 Å². The molecule has 1 heterocycles. The normalized spacial score (nSPS) is 24.1. The Morgan fingerprint density at radius 1 is 1.19 bits per heavy atom. The molecular formula is C17H21Cl2NO. The molecular weight excluding hydrogens is 305 g/mol. The first-order valence-electron chi connectivity index (χ1n) is 7.75. The summed E-state index contributed by atoms with van der Waals surface area (Å²) in [5, 5.41) is 1.26. The topological polar surface area (TPSA) is 12.5 Å². The van der Waals surface area contributed by atoms with Gasteiger partial charge in [0.25, 0.3) is 0 Å². The highest BCUT2D eigenvalue weighted by Gasteiger charge is 2.45. The lowest BCUT2D eigenvalue weighted by Gasteiger charge is -2.49. The Balaban J connectivity index is 2.13. The summed E-state index contributed by atoms with van der Waals surface area (Å²) in [4.78, 5) is 2.41.